The molecule has 132 valence electrons. The Labute approximate surface area is 151 Å². The molecular formula is C14H22F3IN4O. The molecule has 0 radical (unpaired) electrons. The summed E-state index contributed by atoms with van der Waals surface area (Å²) in [5.41, 5.74) is -0.883. The minimum atomic E-state index is -4.49. The molecule has 0 fully saturated rings. The normalized spacial score (nSPS) is 11.9. The average Bonchev–Trinajstić information content (AvgIpc) is 2.42. The second kappa shape index (κ2) is 10.5. The van der Waals surface area contributed by atoms with E-state index < -0.39 is 17.6 Å². The van der Waals surface area contributed by atoms with Gasteiger partial charge in [0.05, 0.1) is 6.54 Å². The second-order valence-electron chi connectivity index (χ2n) is 4.76. The van der Waals surface area contributed by atoms with Gasteiger partial charge in [0.15, 0.2) is 5.96 Å². The van der Waals surface area contributed by atoms with Crippen LogP contribution in [-0.4, -0.2) is 36.7 Å². The van der Waals surface area contributed by atoms with Gasteiger partial charge in [-0.15, -0.1) is 24.0 Å². The van der Waals surface area contributed by atoms with E-state index in [-0.39, 0.29) is 43.2 Å². The molecular weight excluding hydrogens is 424 g/mol. The van der Waals surface area contributed by atoms with Crippen molar-refractivity contribution in [3.8, 4) is 5.88 Å². The van der Waals surface area contributed by atoms with Gasteiger partial charge in [-0.1, -0.05) is 0 Å². The van der Waals surface area contributed by atoms with E-state index in [1.165, 1.54) is 12.3 Å². The molecule has 0 bridgehead atoms. The maximum absolute atomic E-state index is 12.8. The van der Waals surface area contributed by atoms with Crippen LogP contribution < -0.4 is 15.4 Å². The SMILES string of the molecule is CCNC(=NCCOc1ncccc1C(F)(F)F)NC(C)C.I. The summed E-state index contributed by atoms with van der Waals surface area (Å²) >= 11 is 0. The maximum atomic E-state index is 12.8. The number of aromatic nitrogens is 1. The third-order valence-electron chi connectivity index (χ3n) is 2.45. The molecule has 0 atom stereocenters. The van der Waals surface area contributed by atoms with Crippen LogP contribution in [-0.2, 0) is 6.18 Å². The minimum absolute atomic E-state index is 0. The highest BCUT2D eigenvalue weighted by molar-refractivity contribution is 14.0. The smallest absolute Gasteiger partial charge is 0.421 e. The fourth-order valence-electron chi connectivity index (χ4n) is 1.61. The first-order chi connectivity index (χ1) is 10.3. The first kappa shape index (κ1) is 21.7. The zero-order valence-corrected chi connectivity index (χ0v) is 15.6. The number of hydrogen-bond donors (Lipinski definition) is 2. The molecule has 0 aliphatic carbocycles. The van der Waals surface area contributed by atoms with Gasteiger partial charge >= 0.3 is 6.18 Å². The Morgan fingerprint density at radius 3 is 2.65 bits per heavy atom. The summed E-state index contributed by atoms with van der Waals surface area (Å²) in [6, 6.07) is 2.37. The number of hydrogen-bond acceptors (Lipinski definition) is 3. The summed E-state index contributed by atoms with van der Waals surface area (Å²) in [6.45, 7) is 6.78. The number of halogens is 4. The lowest BCUT2D eigenvalue weighted by Crippen LogP contribution is -2.41. The molecule has 23 heavy (non-hydrogen) atoms. The molecule has 1 aromatic rings. The van der Waals surface area contributed by atoms with Crippen LogP contribution in [0.1, 0.15) is 26.3 Å². The molecule has 0 amide bonds. The largest absolute Gasteiger partial charge is 0.475 e. The standard InChI is InChI=1S/C14H21F3N4O.HI/c1-4-18-13(21-10(2)3)20-8-9-22-12-11(14(15,16)17)6-5-7-19-12;/h5-7,10H,4,8-9H2,1-3H3,(H2,18,20,21);1H. The molecule has 2 N–H and O–H groups in total. The molecule has 0 aliphatic rings. The van der Waals surface area contributed by atoms with E-state index in [0.717, 1.165) is 6.07 Å². The fourth-order valence-corrected chi connectivity index (χ4v) is 1.61. The Hall–Kier alpha value is -1.26. The van der Waals surface area contributed by atoms with Crippen LogP contribution in [0.15, 0.2) is 23.3 Å². The summed E-state index contributed by atoms with van der Waals surface area (Å²) in [5, 5.41) is 6.14. The highest BCUT2D eigenvalue weighted by Gasteiger charge is 2.34. The van der Waals surface area contributed by atoms with Crippen molar-refractivity contribution >= 4 is 29.9 Å². The summed E-state index contributed by atoms with van der Waals surface area (Å²) in [4.78, 5) is 7.85. The van der Waals surface area contributed by atoms with Crippen LogP contribution in [0.25, 0.3) is 0 Å². The molecule has 1 heterocycles. The zero-order valence-electron chi connectivity index (χ0n) is 13.3. The summed E-state index contributed by atoms with van der Waals surface area (Å²) in [7, 11) is 0. The van der Waals surface area contributed by atoms with Gasteiger partial charge in [0.2, 0.25) is 5.88 Å². The lowest BCUT2D eigenvalue weighted by atomic mass is 10.2. The highest BCUT2D eigenvalue weighted by atomic mass is 127. The lowest BCUT2D eigenvalue weighted by molar-refractivity contribution is -0.139. The Bertz CT molecular complexity index is 495. The number of ether oxygens (including phenoxy) is 1. The highest BCUT2D eigenvalue weighted by Crippen LogP contribution is 2.34. The van der Waals surface area contributed by atoms with Gasteiger partial charge in [-0.2, -0.15) is 13.2 Å². The van der Waals surface area contributed by atoms with E-state index in [2.05, 4.69) is 20.6 Å². The van der Waals surface area contributed by atoms with Gasteiger partial charge in [-0.25, -0.2) is 9.98 Å². The number of aliphatic imine (C=N–C) groups is 1. The molecule has 1 rings (SSSR count). The molecule has 0 spiro atoms. The number of rotatable bonds is 6. The Morgan fingerprint density at radius 2 is 2.09 bits per heavy atom. The predicted molar refractivity (Wildman–Crippen MR) is 94.4 cm³/mol. The number of nitrogens with one attached hydrogen (secondary N) is 2. The first-order valence-electron chi connectivity index (χ1n) is 7.04. The molecule has 9 heteroatoms. The molecule has 0 saturated carbocycles. The first-order valence-corrected chi connectivity index (χ1v) is 7.04. The lowest BCUT2D eigenvalue weighted by Gasteiger charge is -2.14. The van der Waals surface area contributed by atoms with Crippen molar-refractivity contribution in [2.75, 3.05) is 19.7 Å². The Morgan fingerprint density at radius 1 is 1.39 bits per heavy atom. The van der Waals surface area contributed by atoms with Crippen LogP contribution in [0.5, 0.6) is 5.88 Å². The quantitative estimate of drug-likeness (QED) is 0.305. The van der Waals surface area contributed by atoms with E-state index in [1.54, 1.807) is 0 Å². The molecule has 5 nitrogen and oxygen atoms in total. The van der Waals surface area contributed by atoms with E-state index in [0.29, 0.717) is 12.5 Å². The van der Waals surface area contributed by atoms with Crippen molar-refractivity contribution in [2.24, 2.45) is 4.99 Å². The van der Waals surface area contributed by atoms with E-state index >= 15 is 0 Å². The molecule has 0 unspecified atom stereocenters. The third-order valence-corrected chi connectivity index (χ3v) is 2.45. The van der Waals surface area contributed by atoms with E-state index in [9.17, 15) is 13.2 Å². The maximum Gasteiger partial charge on any atom is 0.421 e. The summed E-state index contributed by atoms with van der Waals surface area (Å²) in [6.07, 6.45) is -3.22. The summed E-state index contributed by atoms with van der Waals surface area (Å²) in [5.74, 6) is 0.171. The molecule has 0 aromatic carbocycles. The van der Waals surface area contributed by atoms with Crippen LogP contribution in [0.2, 0.25) is 0 Å². The number of alkyl halides is 3. The molecule has 0 saturated heterocycles. The van der Waals surface area contributed by atoms with Gasteiger partial charge < -0.3 is 15.4 Å². The predicted octanol–water partition coefficient (Wildman–Crippen LogP) is 3.06. The van der Waals surface area contributed by atoms with Crippen LogP contribution >= 0.6 is 24.0 Å². The topological polar surface area (TPSA) is 58.5 Å². The van der Waals surface area contributed by atoms with Crippen molar-refractivity contribution in [2.45, 2.75) is 33.0 Å². The molecule has 0 aliphatic heterocycles. The van der Waals surface area contributed by atoms with Crippen molar-refractivity contribution in [1.29, 1.82) is 0 Å². The van der Waals surface area contributed by atoms with Crippen LogP contribution in [0.3, 0.4) is 0 Å². The fraction of sp³-hybridized carbons (Fsp3) is 0.571. The zero-order chi connectivity index (χ0) is 16.6. The Kier molecular flexibility index (Phi) is 9.93. The number of nitrogens with zero attached hydrogens (tertiary/aromatic N) is 2. The number of guanidine groups is 1. The summed E-state index contributed by atoms with van der Waals surface area (Å²) < 4.78 is 43.4. The van der Waals surface area contributed by atoms with Crippen molar-refractivity contribution in [1.82, 2.24) is 15.6 Å². The van der Waals surface area contributed by atoms with E-state index in [4.69, 9.17) is 4.74 Å². The van der Waals surface area contributed by atoms with Gasteiger partial charge in [0, 0.05) is 18.8 Å². The minimum Gasteiger partial charge on any atom is -0.475 e. The third kappa shape index (κ3) is 8.24. The number of pyridine rings is 1. The van der Waals surface area contributed by atoms with Crippen LogP contribution in [0, 0.1) is 0 Å². The van der Waals surface area contributed by atoms with Gasteiger partial charge in [-0.05, 0) is 32.9 Å². The van der Waals surface area contributed by atoms with Gasteiger partial charge in [-0.3, -0.25) is 0 Å². The van der Waals surface area contributed by atoms with Crippen molar-refractivity contribution in [3.05, 3.63) is 23.9 Å². The van der Waals surface area contributed by atoms with Crippen LogP contribution in [0.4, 0.5) is 13.2 Å². The second-order valence-corrected chi connectivity index (χ2v) is 4.76. The average molecular weight is 446 g/mol. The van der Waals surface area contributed by atoms with Crippen molar-refractivity contribution < 1.29 is 17.9 Å². The van der Waals surface area contributed by atoms with E-state index in [1.807, 2.05) is 20.8 Å². The monoisotopic (exact) mass is 446 g/mol. The molecule has 1 aromatic heterocycles. The van der Waals surface area contributed by atoms with Gasteiger partial charge in [0.25, 0.3) is 0 Å². The van der Waals surface area contributed by atoms with Gasteiger partial charge in [0.1, 0.15) is 12.2 Å². The Balaban J connectivity index is 0.00000484. The van der Waals surface area contributed by atoms with Crippen molar-refractivity contribution in [3.63, 3.8) is 0 Å².